The number of carboxylic acid groups (broad SMARTS) is 1. The van der Waals surface area contributed by atoms with Crippen LogP contribution in [0.15, 0.2) is 30.5 Å². The Hall–Kier alpha value is -2.30. The number of aryl methyl sites for hydroxylation is 1. The highest BCUT2D eigenvalue weighted by Crippen LogP contribution is 2.22. The lowest BCUT2D eigenvalue weighted by Crippen LogP contribution is -2.31. The molecule has 1 aromatic carbocycles. The summed E-state index contributed by atoms with van der Waals surface area (Å²) < 4.78 is 2.04. The molecule has 2 rings (SSSR count). The molecule has 0 spiro atoms. The molecule has 20 heavy (non-hydrogen) atoms. The summed E-state index contributed by atoms with van der Waals surface area (Å²) >= 11 is 0. The van der Waals surface area contributed by atoms with E-state index in [9.17, 15) is 9.59 Å². The average molecular weight is 274 g/mol. The summed E-state index contributed by atoms with van der Waals surface area (Å²) in [5.41, 5.74) is 1.55. The molecule has 0 saturated heterocycles. The Bertz CT molecular complexity index is 646. The number of carbonyl (C=O) groups excluding carboxylic acids is 1. The van der Waals surface area contributed by atoms with Crippen molar-refractivity contribution in [3.05, 3.63) is 36.0 Å². The fourth-order valence-electron chi connectivity index (χ4n) is 2.32. The van der Waals surface area contributed by atoms with Crippen LogP contribution in [0.5, 0.6) is 0 Å². The number of benzene rings is 1. The van der Waals surface area contributed by atoms with Gasteiger partial charge in [-0.25, -0.2) is 0 Å². The van der Waals surface area contributed by atoms with Gasteiger partial charge in [-0.3, -0.25) is 9.59 Å². The van der Waals surface area contributed by atoms with Gasteiger partial charge in [-0.15, -0.1) is 0 Å². The highest BCUT2D eigenvalue weighted by atomic mass is 16.4. The van der Waals surface area contributed by atoms with E-state index in [1.54, 1.807) is 0 Å². The van der Waals surface area contributed by atoms with Crippen LogP contribution in [0.1, 0.15) is 23.7 Å². The van der Waals surface area contributed by atoms with E-state index in [-0.39, 0.29) is 12.5 Å². The van der Waals surface area contributed by atoms with Crippen LogP contribution in [0.2, 0.25) is 0 Å². The number of carbonyl (C=O) groups is 2. The predicted molar refractivity (Wildman–Crippen MR) is 76.8 cm³/mol. The fourth-order valence-corrected chi connectivity index (χ4v) is 2.32. The van der Waals surface area contributed by atoms with Crippen molar-refractivity contribution in [2.24, 2.45) is 0 Å². The lowest BCUT2D eigenvalue weighted by atomic mass is 10.1. The van der Waals surface area contributed by atoms with Crippen molar-refractivity contribution in [2.45, 2.75) is 19.9 Å². The molecule has 0 aliphatic heterocycles. The second-order valence-corrected chi connectivity index (χ2v) is 4.81. The Balaban J connectivity index is 2.43. The van der Waals surface area contributed by atoms with E-state index in [1.165, 1.54) is 11.9 Å². The third kappa shape index (κ3) is 2.66. The first kappa shape index (κ1) is 14.1. The van der Waals surface area contributed by atoms with Gasteiger partial charge in [0.15, 0.2) is 0 Å². The third-order valence-corrected chi connectivity index (χ3v) is 3.20. The quantitative estimate of drug-likeness (QED) is 0.909. The minimum absolute atomic E-state index is 0.265. The number of hydrogen-bond donors (Lipinski definition) is 1. The number of nitrogens with zero attached hydrogens (tertiary/aromatic N) is 2. The van der Waals surface area contributed by atoms with Crippen molar-refractivity contribution < 1.29 is 14.7 Å². The van der Waals surface area contributed by atoms with E-state index in [0.717, 1.165) is 23.9 Å². The predicted octanol–water partition coefficient (Wildman–Crippen LogP) is 2.21. The van der Waals surface area contributed by atoms with Crippen LogP contribution in [0, 0.1) is 0 Å². The van der Waals surface area contributed by atoms with Gasteiger partial charge >= 0.3 is 5.97 Å². The summed E-state index contributed by atoms with van der Waals surface area (Å²) in [7, 11) is 1.50. The maximum absolute atomic E-state index is 12.4. The van der Waals surface area contributed by atoms with Gasteiger partial charge in [0.25, 0.3) is 5.91 Å². The zero-order chi connectivity index (χ0) is 14.7. The Morgan fingerprint density at radius 1 is 1.30 bits per heavy atom. The molecule has 5 heteroatoms. The zero-order valence-electron chi connectivity index (χ0n) is 11.7. The summed E-state index contributed by atoms with van der Waals surface area (Å²) in [6.45, 7) is 2.61. The van der Waals surface area contributed by atoms with Gasteiger partial charge in [-0.1, -0.05) is 25.1 Å². The lowest BCUT2D eigenvalue weighted by molar-refractivity contribution is -0.137. The topological polar surface area (TPSA) is 62.5 Å². The van der Waals surface area contributed by atoms with Crippen LogP contribution in [-0.2, 0) is 11.3 Å². The molecule has 2 aromatic rings. The molecule has 0 unspecified atom stereocenters. The largest absolute Gasteiger partial charge is 0.480 e. The van der Waals surface area contributed by atoms with Crippen LogP contribution in [0.4, 0.5) is 0 Å². The lowest BCUT2D eigenvalue weighted by Gasteiger charge is -2.13. The van der Waals surface area contributed by atoms with E-state index in [0.29, 0.717) is 5.56 Å². The number of para-hydroxylation sites is 1. The van der Waals surface area contributed by atoms with Crippen LogP contribution in [-0.4, -0.2) is 40.0 Å². The second kappa shape index (κ2) is 5.77. The molecule has 0 bridgehead atoms. The number of fused-ring (bicyclic) bond motifs is 1. The van der Waals surface area contributed by atoms with Crippen LogP contribution < -0.4 is 0 Å². The van der Waals surface area contributed by atoms with Gasteiger partial charge in [0, 0.05) is 30.7 Å². The van der Waals surface area contributed by atoms with Gasteiger partial charge in [-0.05, 0) is 12.5 Å². The minimum atomic E-state index is -1.02. The third-order valence-electron chi connectivity index (χ3n) is 3.20. The molecule has 0 atom stereocenters. The number of amides is 1. The SMILES string of the molecule is CCCn1cc(C(=O)N(C)CC(=O)O)c2ccccc21. The van der Waals surface area contributed by atoms with Gasteiger partial charge in [0.1, 0.15) is 6.54 Å². The van der Waals surface area contributed by atoms with Crippen molar-refractivity contribution in [1.82, 2.24) is 9.47 Å². The van der Waals surface area contributed by atoms with Crippen molar-refractivity contribution in [2.75, 3.05) is 13.6 Å². The average Bonchev–Trinajstić information content (AvgIpc) is 2.77. The van der Waals surface area contributed by atoms with Crippen molar-refractivity contribution in [3.8, 4) is 0 Å². The Labute approximate surface area is 117 Å². The van der Waals surface area contributed by atoms with E-state index in [2.05, 4.69) is 6.92 Å². The molecule has 5 nitrogen and oxygen atoms in total. The van der Waals surface area contributed by atoms with Crippen molar-refractivity contribution >= 4 is 22.8 Å². The van der Waals surface area contributed by atoms with E-state index in [4.69, 9.17) is 5.11 Å². The Kier molecular flexibility index (Phi) is 4.08. The Morgan fingerprint density at radius 3 is 2.65 bits per heavy atom. The number of aromatic nitrogens is 1. The monoisotopic (exact) mass is 274 g/mol. The van der Waals surface area contributed by atoms with Crippen LogP contribution >= 0.6 is 0 Å². The van der Waals surface area contributed by atoms with Gasteiger partial charge < -0.3 is 14.6 Å². The highest BCUT2D eigenvalue weighted by molar-refractivity contribution is 6.07. The molecule has 0 aliphatic carbocycles. The molecule has 0 saturated carbocycles. The summed E-state index contributed by atoms with van der Waals surface area (Å²) in [5.74, 6) is -1.28. The second-order valence-electron chi connectivity index (χ2n) is 4.81. The standard InChI is InChI=1S/C15H18N2O3/c1-3-8-17-9-12(11-6-4-5-7-13(11)17)15(20)16(2)10-14(18)19/h4-7,9H,3,8,10H2,1-2H3,(H,18,19). The molecule has 1 heterocycles. The van der Waals surface area contributed by atoms with Gasteiger partial charge in [0.05, 0.1) is 5.56 Å². The van der Waals surface area contributed by atoms with Crippen LogP contribution in [0.3, 0.4) is 0 Å². The molecule has 0 aliphatic rings. The molecule has 106 valence electrons. The highest BCUT2D eigenvalue weighted by Gasteiger charge is 2.19. The smallest absolute Gasteiger partial charge is 0.323 e. The first-order valence-electron chi connectivity index (χ1n) is 6.59. The summed E-state index contributed by atoms with van der Waals surface area (Å²) in [6, 6.07) is 7.68. The number of hydrogen-bond acceptors (Lipinski definition) is 2. The summed E-state index contributed by atoms with van der Waals surface area (Å²) in [6.07, 6.45) is 2.78. The number of likely N-dealkylation sites (N-methyl/N-ethyl adjacent to an activating group) is 1. The summed E-state index contributed by atoms with van der Waals surface area (Å²) in [5, 5.41) is 9.65. The molecule has 0 fully saturated rings. The molecule has 1 amide bonds. The Morgan fingerprint density at radius 2 is 2.00 bits per heavy atom. The first-order chi connectivity index (χ1) is 9.54. The van der Waals surface area contributed by atoms with E-state index in [1.807, 2.05) is 35.0 Å². The summed E-state index contributed by atoms with van der Waals surface area (Å²) in [4.78, 5) is 24.3. The number of rotatable bonds is 5. The van der Waals surface area contributed by atoms with Crippen molar-refractivity contribution in [1.29, 1.82) is 0 Å². The maximum atomic E-state index is 12.4. The molecule has 0 radical (unpaired) electrons. The molecular weight excluding hydrogens is 256 g/mol. The van der Waals surface area contributed by atoms with Crippen LogP contribution in [0.25, 0.3) is 10.9 Å². The first-order valence-corrected chi connectivity index (χ1v) is 6.59. The van der Waals surface area contributed by atoms with Gasteiger partial charge in [0.2, 0.25) is 0 Å². The molecule has 1 aromatic heterocycles. The molecule has 1 N–H and O–H groups in total. The molecular formula is C15H18N2O3. The number of aliphatic carboxylic acids is 1. The minimum Gasteiger partial charge on any atom is -0.480 e. The number of carboxylic acids is 1. The zero-order valence-corrected chi connectivity index (χ0v) is 11.7. The van der Waals surface area contributed by atoms with E-state index < -0.39 is 5.97 Å². The normalized spacial score (nSPS) is 10.7. The van der Waals surface area contributed by atoms with Crippen molar-refractivity contribution in [3.63, 3.8) is 0 Å². The fraction of sp³-hybridized carbons (Fsp3) is 0.333. The van der Waals surface area contributed by atoms with Gasteiger partial charge in [-0.2, -0.15) is 0 Å². The maximum Gasteiger partial charge on any atom is 0.323 e. The van der Waals surface area contributed by atoms with E-state index >= 15 is 0 Å².